The largest absolute Gasteiger partial charge is 0.368 e. The molecule has 0 radical (unpaired) electrons. The Kier molecular flexibility index (Phi) is 3.36. The number of hydrogen-bond donors (Lipinski definition) is 1. The maximum atomic E-state index is 12.6. The quantitative estimate of drug-likeness (QED) is 0.865. The number of anilines is 1. The Morgan fingerprint density at radius 1 is 1.27 bits per heavy atom. The molecule has 5 nitrogen and oxygen atoms in total. The molecule has 2 aromatic rings. The monoisotopic (exact) mass is 331 g/mol. The zero-order chi connectivity index (χ0) is 15.3. The van der Waals surface area contributed by atoms with E-state index in [0.29, 0.717) is 16.4 Å². The predicted octanol–water partition coefficient (Wildman–Crippen LogP) is 2.29. The van der Waals surface area contributed by atoms with Crippen molar-refractivity contribution in [2.75, 3.05) is 16.4 Å². The van der Waals surface area contributed by atoms with Crippen molar-refractivity contribution < 1.29 is 9.90 Å². The Morgan fingerprint density at radius 2 is 2.09 bits per heavy atom. The highest BCUT2D eigenvalue weighted by atomic mass is 32.2. The summed E-state index contributed by atoms with van der Waals surface area (Å²) in [6.07, 6.45) is 0.765. The third-order valence-corrected chi connectivity index (χ3v) is 6.37. The highest BCUT2D eigenvalue weighted by Gasteiger charge is 2.41. The van der Waals surface area contributed by atoms with Crippen LogP contribution in [0.4, 0.5) is 5.82 Å². The van der Waals surface area contributed by atoms with Crippen molar-refractivity contribution in [3.05, 3.63) is 39.8 Å². The summed E-state index contributed by atoms with van der Waals surface area (Å²) in [5.74, 6) is 2.08. The fourth-order valence-electron chi connectivity index (χ4n) is 2.65. The molecule has 1 atom stereocenters. The van der Waals surface area contributed by atoms with Crippen molar-refractivity contribution in [3.8, 4) is 0 Å². The van der Waals surface area contributed by atoms with Gasteiger partial charge in [-0.1, -0.05) is 0 Å². The van der Waals surface area contributed by atoms with Crippen LogP contribution in [-0.2, 0) is 4.79 Å². The molecule has 0 aliphatic carbocycles. The van der Waals surface area contributed by atoms with Gasteiger partial charge in [-0.25, -0.2) is 9.97 Å². The van der Waals surface area contributed by atoms with Gasteiger partial charge in [0.15, 0.2) is 11.9 Å². The Labute approximate surface area is 135 Å². The zero-order valence-corrected chi connectivity index (χ0v) is 13.4. The minimum absolute atomic E-state index is 0.167. The van der Waals surface area contributed by atoms with Crippen LogP contribution in [0.3, 0.4) is 0 Å². The predicted molar refractivity (Wildman–Crippen MR) is 89.7 cm³/mol. The summed E-state index contributed by atoms with van der Waals surface area (Å²) in [6, 6.07) is 5.59. The number of pyridine rings is 2. The van der Waals surface area contributed by atoms with E-state index in [4.69, 9.17) is 0 Å². The van der Waals surface area contributed by atoms with E-state index in [9.17, 15) is 9.90 Å². The Morgan fingerprint density at radius 3 is 2.91 bits per heavy atom. The molecule has 1 amide bonds. The highest BCUT2D eigenvalue weighted by Crippen LogP contribution is 2.44. The summed E-state index contributed by atoms with van der Waals surface area (Å²) in [5, 5.41) is 11.4. The minimum atomic E-state index is -0.935. The lowest BCUT2D eigenvalue weighted by molar-refractivity contribution is -0.115. The molecule has 0 saturated heterocycles. The lowest BCUT2D eigenvalue weighted by atomic mass is 10.2. The van der Waals surface area contributed by atoms with Crippen LogP contribution in [0.1, 0.15) is 5.56 Å². The van der Waals surface area contributed by atoms with Crippen LogP contribution in [-0.4, -0.2) is 38.7 Å². The minimum Gasteiger partial charge on any atom is -0.368 e. The smallest absolute Gasteiger partial charge is 0.269 e. The number of carbonyl (C=O) groups is 1. The average Bonchev–Trinajstić information content (AvgIpc) is 2.79. The summed E-state index contributed by atoms with van der Waals surface area (Å²) in [7, 11) is 0. The van der Waals surface area contributed by atoms with Gasteiger partial charge < -0.3 is 5.11 Å². The van der Waals surface area contributed by atoms with Gasteiger partial charge in [-0.2, -0.15) is 0 Å². The second kappa shape index (κ2) is 5.26. The van der Waals surface area contributed by atoms with E-state index in [1.165, 1.54) is 16.7 Å². The summed E-state index contributed by atoms with van der Waals surface area (Å²) < 4.78 is 0. The molecule has 2 aliphatic heterocycles. The molecule has 2 aliphatic rings. The second-order valence-electron chi connectivity index (χ2n) is 5.11. The molecular formula is C15H13N3O2S2. The van der Waals surface area contributed by atoms with Crippen LogP contribution in [0.2, 0.25) is 0 Å². The standard InChI is InChI=1S/C15H13N3O2S2/c1-8-4-5-16-13-9(8)2-3-10(17-13)18-14(19)11-12(15(18)20)22-7-6-21-11/h2-5,14,19H,6-7H2,1H3. The molecule has 112 valence electrons. The Hall–Kier alpha value is -1.57. The first-order valence-corrected chi connectivity index (χ1v) is 8.87. The molecule has 0 bridgehead atoms. The lowest BCUT2D eigenvalue weighted by Gasteiger charge is -2.21. The van der Waals surface area contributed by atoms with E-state index in [0.717, 1.165) is 27.4 Å². The number of aromatic nitrogens is 2. The van der Waals surface area contributed by atoms with Gasteiger partial charge in [-0.05, 0) is 30.7 Å². The molecule has 4 rings (SSSR count). The number of amides is 1. The maximum absolute atomic E-state index is 12.6. The van der Waals surface area contributed by atoms with Gasteiger partial charge in [0.25, 0.3) is 5.91 Å². The Bertz CT molecular complexity index is 822. The Balaban J connectivity index is 1.78. The number of aliphatic hydroxyl groups excluding tert-OH is 1. The van der Waals surface area contributed by atoms with Gasteiger partial charge in [0, 0.05) is 23.1 Å². The number of thioether (sulfide) groups is 2. The van der Waals surface area contributed by atoms with E-state index < -0.39 is 6.23 Å². The fourth-order valence-corrected chi connectivity index (χ4v) is 5.03. The van der Waals surface area contributed by atoms with Crippen molar-refractivity contribution >= 4 is 46.3 Å². The first-order chi connectivity index (χ1) is 10.7. The van der Waals surface area contributed by atoms with Crippen LogP contribution >= 0.6 is 23.5 Å². The van der Waals surface area contributed by atoms with E-state index in [-0.39, 0.29) is 5.91 Å². The maximum Gasteiger partial charge on any atom is 0.269 e. The molecule has 0 spiro atoms. The third-order valence-electron chi connectivity index (χ3n) is 3.76. The zero-order valence-electron chi connectivity index (χ0n) is 11.8. The summed E-state index contributed by atoms with van der Waals surface area (Å²) in [6.45, 7) is 1.99. The number of hydrogen-bond acceptors (Lipinski definition) is 6. The number of rotatable bonds is 1. The first kappa shape index (κ1) is 14.0. The summed E-state index contributed by atoms with van der Waals surface area (Å²) in [4.78, 5) is 24.1. The van der Waals surface area contributed by atoms with Gasteiger partial charge in [0.1, 0.15) is 5.82 Å². The summed E-state index contributed by atoms with van der Waals surface area (Å²) in [5.41, 5.74) is 1.67. The van der Waals surface area contributed by atoms with Crippen molar-refractivity contribution in [1.82, 2.24) is 9.97 Å². The van der Waals surface area contributed by atoms with Crippen molar-refractivity contribution in [3.63, 3.8) is 0 Å². The molecule has 0 fully saturated rings. The normalized spacial score (nSPS) is 21.6. The molecular weight excluding hydrogens is 318 g/mol. The van der Waals surface area contributed by atoms with Crippen LogP contribution in [0.15, 0.2) is 34.2 Å². The van der Waals surface area contributed by atoms with Crippen molar-refractivity contribution in [2.45, 2.75) is 13.2 Å². The van der Waals surface area contributed by atoms with Gasteiger partial charge >= 0.3 is 0 Å². The third kappa shape index (κ3) is 2.04. The topological polar surface area (TPSA) is 66.3 Å². The molecule has 22 heavy (non-hydrogen) atoms. The van der Waals surface area contributed by atoms with Crippen LogP contribution in [0, 0.1) is 6.92 Å². The molecule has 1 N–H and O–H groups in total. The second-order valence-corrected chi connectivity index (χ2v) is 7.35. The van der Waals surface area contributed by atoms with Gasteiger partial charge in [0.2, 0.25) is 0 Å². The van der Waals surface area contributed by atoms with Crippen molar-refractivity contribution in [1.29, 1.82) is 0 Å². The number of aryl methyl sites for hydroxylation is 1. The van der Waals surface area contributed by atoms with Crippen molar-refractivity contribution in [2.24, 2.45) is 0 Å². The fraction of sp³-hybridized carbons (Fsp3) is 0.267. The van der Waals surface area contributed by atoms with Gasteiger partial charge in [-0.3, -0.25) is 9.69 Å². The van der Waals surface area contributed by atoms with E-state index >= 15 is 0 Å². The SMILES string of the molecule is Cc1ccnc2nc(N3C(=O)C4=C(SCCS4)C3O)ccc12. The average molecular weight is 331 g/mol. The molecule has 0 aromatic carbocycles. The van der Waals surface area contributed by atoms with Crippen LogP contribution in [0.5, 0.6) is 0 Å². The molecule has 4 heterocycles. The number of nitrogens with zero attached hydrogens (tertiary/aromatic N) is 3. The van der Waals surface area contributed by atoms with Gasteiger partial charge in [-0.15, -0.1) is 23.5 Å². The number of carbonyl (C=O) groups excluding carboxylic acids is 1. The van der Waals surface area contributed by atoms with Crippen LogP contribution < -0.4 is 4.90 Å². The van der Waals surface area contributed by atoms with E-state index in [2.05, 4.69) is 9.97 Å². The molecule has 7 heteroatoms. The van der Waals surface area contributed by atoms with Gasteiger partial charge in [0.05, 0.1) is 9.81 Å². The van der Waals surface area contributed by atoms with Crippen LogP contribution in [0.25, 0.3) is 11.0 Å². The molecule has 0 saturated carbocycles. The molecule has 1 unspecified atom stereocenters. The lowest BCUT2D eigenvalue weighted by Crippen LogP contribution is -2.35. The number of fused-ring (bicyclic) bond motifs is 1. The molecule has 2 aromatic heterocycles. The van der Waals surface area contributed by atoms with E-state index in [1.807, 2.05) is 19.1 Å². The first-order valence-electron chi connectivity index (χ1n) is 6.90. The summed E-state index contributed by atoms with van der Waals surface area (Å²) >= 11 is 3.07. The van der Waals surface area contributed by atoms with E-state index in [1.54, 1.807) is 24.0 Å². The highest BCUT2D eigenvalue weighted by molar-refractivity contribution is 8.10. The number of aliphatic hydroxyl groups is 1.